The highest BCUT2D eigenvalue weighted by Gasteiger charge is 2.03. The molecule has 0 spiro atoms. The van der Waals surface area contributed by atoms with Crippen LogP contribution in [0.15, 0.2) is 28.4 Å². The van der Waals surface area contributed by atoms with E-state index in [4.69, 9.17) is 0 Å². The second-order valence-corrected chi connectivity index (χ2v) is 2.93. The lowest BCUT2D eigenvalue weighted by atomic mass is 10.0. The molecule has 0 unspecified atom stereocenters. The molecule has 0 aromatic heterocycles. The van der Waals surface area contributed by atoms with Gasteiger partial charge in [-0.25, -0.2) is 0 Å². The van der Waals surface area contributed by atoms with Crippen molar-refractivity contribution in [2.75, 3.05) is 7.05 Å². The van der Waals surface area contributed by atoms with Crippen molar-refractivity contribution in [3.63, 3.8) is 0 Å². The Hall–Kier alpha value is -1.18. The second kappa shape index (κ2) is 4.75. The van der Waals surface area contributed by atoms with Crippen LogP contribution in [-0.2, 0) is 12.8 Å². The lowest BCUT2D eigenvalue weighted by Crippen LogP contribution is -1.87. The summed E-state index contributed by atoms with van der Waals surface area (Å²) in [4.78, 5) is 0. The number of aryl methyl sites for hydroxylation is 2. The Balaban J connectivity index is 3.21. The van der Waals surface area contributed by atoms with Crippen molar-refractivity contribution in [3.8, 4) is 0 Å². The molecule has 2 nitrogen and oxygen atoms in total. The van der Waals surface area contributed by atoms with Gasteiger partial charge in [-0.15, -0.1) is 0 Å². The molecule has 0 saturated carbocycles. The van der Waals surface area contributed by atoms with Crippen LogP contribution in [0.1, 0.15) is 25.0 Å². The summed E-state index contributed by atoms with van der Waals surface area (Å²) < 4.78 is 0. The summed E-state index contributed by atoms with van der Waals surface area (Å²) >= 11 is 0. The third-order valence-electron chi connectivity index (χ3n) is 2.16. The van der Waals surface area contributed by atoms with Crippen molar-refractivity contribution in [2.45, 2.75) is 26.7 Å². The quantitative estimate of drug-likeness (QED) is 0.629. The fourth-order valence-corrected chi connectivity index (χ4v) is 1.44. The van der Waals surface area contributed by atoms with E-state index in [1.165, 1.54) is 11.1 Å². The van der Waals surface area contributed by atoms with Crippen molar-refractivity contribution in [1.82, 2.24) is 0 Å². The minimum atomic E-state index is 1.02. The summed E-state index contributed by atoms with van der Waals surface area (Å²) in [6.45, 7) is 4.28. The standard InChI is InChI=1S/C11H16N2/c1-4-9-7-6-8-10(5-2)11(9)13-12-3/h6-8H,4-5H2,1-3H3. The van der Waals surface area contributed by atoms with E-state index >= 15 is 0 Å². The van der Waals surface area contributed by atoms with Crippen LogP contribution in [0, 0.1) is 0 Å². The van der Waals surface area contributed by atoms with Gasteiger partial charge in [0, 0.05) is 7.05 Å². The average molecular weight is 176 g/mol. The van der Waals surface area contributed by atoms with Crippen LogP contribution in [0.5, 0.6) is 0 Å². The summed E-state index contributed by atoms with van der Waals surface area (Å²) in [7, 11) is 1.71. The van der Waals surface area contributed by atoms with E-state index in [1.54, 1.807) is 7.05 Å². The molecule has 13 heavy (non-hydrogen) atoms. The molecular weight excluding hydrogens is 160 g/mol. The molecule has 0 heterocycles. The van der Waals surface area contributed by atoms with Gasteiger partial charge < -0.3 is 0 Å². The van der Waals surface area contributed by atoms with E-state index in [0.717, 1.165) is 18.5 Å². The van der Waals surface area contributed by atoms with E-state index in [0.29, 0.717) is 0 Å². The van der Waals surface area contributed by atoms with Crippen LogP contribution in [0.4, 0.5) is 5.69 Å². The van der Waals surface area contributed by atoms with Crippen LogP contribution in [0.3, 0.4) is 0 Å². The molecule has 0 atom stereocenters. The Morgan fingerprint density at radius 1 is 1.08 bits per heavy atom. The van der Waals surface area contributed by atoms with Crippen molar-refractivity contribution in [3.05, 3.63) is 29.3 Å². The number of azo groups is 1. The molecule has 1 aromatic carbocycles. The molecule has 0 radical (unpaired) electrons. The van der Waals surface area contributed by atoms with Gasteiger partial charge in [-0.1, -0.05) is 32.0 Å². The fourth-order valence-electron chi connectivity index (χ4n) is 1.44. The minimum Gasteiger partial charge on any atom is -0.192 e. The van der Waals surface area contributed by atoms with E-state index in [9.17, 15) is 0 Å². The molecule has 0 aliphatic heterocycles. The first kappa shape index (κ1) is 9.90. The Morgan fingerprint density at radius 2 is 1.62 bits per heavy atom. The smallest absolute Gasteiger partial charge is 0.0916 e. The SMILES string of the molecule is CCc1cccc(CC)c1N=NC. The van der Waals surface area contributed by atoms with Crippen LogP contribution < -0.4 is 0 Å². The lowest BCUT2D eigenvalue weighted by Gasteiger charge is -2.06. The van der Waals surface area contributed by atoms with Crippen molar-refractivity contribution in [1.29, 1.82) is 0 Å². The first-order valence-corrected chi connectivity index (χ1v) is 4.74. The van der Waals surface area contributed by atoms with Crippen LogP contribution in [0.25, 0.3) is 0 Å². The largest absolute Gasteiger partial charge is 0.192 e. The molecular formula is C11H16N2. The maximum Gasteiger partial charge on any atom is 0.0916 e. The summed E-state index contributed by atoms with van der Waals surface area (Å²) in [5, 5.41) is 8.02. The van der Waals surface area contributed by atoms with Crippen molar-refractivity contribution >= 4 is 5.69 Å². The molecule has 2 heteroatoms. The van der Waals surface area contributed by atoms with E-state index in [1.807, 2.05) is 0 Å². The van der Waals surface area contributed by atoms with Crippen LogP contribution in [-0.4, -0.2) is 7.05 Å². The maximum atomic E-state index is 4.17. The van der Waals surface area contributed by atoms with E-state index < -0.39 is 0 Å². The summed E-state index contributed by atoms with van der Waals surface area (Å²) in [5.41, 5.74) is 3.63. The number of benzene rings is 1. The first-order chi connectivity index (χ1) is 6.33. The molecule has 70 valence electrons. The van der Waals surface area contributed by atoms with Gasteiger partial charge in [0.2, 0.25) is 0 Å². The number of nitrogens with zero attached hydrogens (tertiary/aromatic N) is 2. The molecule has 0 fully saturated rings. The minimum absolute atomic E-state index is 1.02. The second-order valence-electron chi connectivity index (χ2n) is 2.93. The summed E-state index contributed by atoms with van der Waals surface area (Å²) in [6, 6.07) is 6.32. The molecule has 1 aromatic rings. The number of hydrogen-bond acceptors (Lipinski definition) is 2. The van der Waals surface area contributed by atoms with Crippen molar-refractivity contribution in [2.24, 2.45) is 10.2 Å². The highest BCUT2D eigenvalue weighted by atomic mass is 15.1. The van der Waals surface area contributed by atoms with E-state index in [2.05, 4.69) is 42.3 Å². The van der Waals surface area contributed by atoms with Gasteiger partial charge in [0.05, 0.1) is 5.69 Å². The van der Waals surface area contributed by atoms with Gasteiger partial charge in [0.1, 0.15) is 0 Å². The third-order valence-corrected chi connectivity index (χ3v) is 2.16. The Morgan fingerprint density at radius 3 is 2.00 bits per heavy atom. The zero-order chi connectivity index (χ0) is 9.68. The third kappa shape index (κ3) is 2.14. The predicted octanol–water partition coefficient (Wildman–Crippen LogP) is 3.52. The normalized spacial score (nSPS) is 11.0. The molecule has 0 N–H and O–H groups in total. The van der Waals surface area contributed by atoms with Gasteiger partial charge in [-0.3, -0.25) is 0 Å². The van der Waals surface area contributed by atoms with Gasteiger partial charge in [0.25, 0.3) is 0 Å². The Labute approximate surface area is 79.7 Å². The zero-order valence-corrected chi connectivity index (χ0v) is 8.54. The molecule has 0 amide bonds. The molecule has 0 aliphatic carbocycles. The predicted molar refractivity (Wildman–Crippen MR) is 55.6 cm³/mol. The topological polar surface area (TPSA) is 24.7 Å². The number of hydrogen-bond donors (Lipinski definition) is 0. The number of rotatable bonds is 3. The monoisotopic (exact) mass is 176 g/mol. The average Bonchev–Trinajstić information content (AvgIpc) is 2.18. The van der Waals surface area contributed by atoms with Gasteiger partial charge in [-0.05, 0) is 24.0 Å². The molecule has 1 rings (SSSR count). The lowest BCUT2D eigenvalue weighted by molar-refractivity contribution is 1.04. The van der Waals surface area contributed by atoms with Gasteiger partial charge in [-0.2, -0.15) is 10.2 Å². The molecule has 0 saturated heterocycles. The molecule has 0 aliphatic rings. The Bertz CT molecular complexity index is 281. The summed E-state index contributed by atoms with van der Waals surface area (Å²) in [6.07, 6.45) is 2.03. The highest BCUT2D eigenvalue weighted by Crippen LogP contribution is 2.25. The van der Waals surface area contributed by atoms with Gasteiger partial charge >= 0.3 is 0 Å². The van der Waals surface area contributed by atoms with Crippen LogP contribution >= 0.6 is 0 Å². The summed E-state index contributed by atoms with van der Waals surface area (Å²) in [5.74, 6) is 0. The van der Waals surface area contributed by atoms with Crippen molar-refractivity contribution < 1.29 is 0 Å². The highest BCUT2D eigenvalue weighted by molar-refractivity contribution is 5.52. The zero-order valence-electron chi connectivity index (χ0n) is 8.54. The van der Waals surface area contributed by atoms with Gasteiger partial charge in [0.15, 0.2) is 0 Å². The Kier molecular flexibility index (Phi) is 3.62. The van der Waals surface area contributed by atoms with Crippen LogP contribution in [0.2, 0.25) is 0 Å². The first-order valence-electron chi connectivity index (χ1n) is 4.74. The molecule has 0 bridgehead atoms. The van der Waals surface area contributed by atoms with E-state index in [-0.39, 0.29) is 0 Å². The fraction of sp³-hybridized carbons (Fsp3) is 0.455. The maximum absolute atomic E-state index is 4.17.